The number of aryl methyl sites for hydroxylation is 2. The maximum atomic E-state index is 12.3. The maximum Gasteiger partial charge on any atom is 0.167 e. The number of hydrogen-bond donors (Lipinski definition) is 0. The molecule has 2 aromatic rings. The van der Waals surface area contributed by atoms with E-state index in [0.29, 0.717) is 6.42 Å². The fourth-order valence-corrected chi connectivity index (χ4v) is 2.79. The van der Waals surface area contributed by atoms with Crippen LogP contribution >= 0.6 is 0 Å². The summed E-state index contributed by atoms with van der Waals surface area (Å²) in [6.45, 7) is 0. The van der Waals surface area contributed by atoms with Gasteiger partial charge in [-0.15, -0.1) is 0 Å². The number of carbonyl (C=O) groups is 1. The molecule has 1 aliphatic rings. The highest BCUT2D eigenvalue weighted by atomic mass is 16.1. The molecule has 0 spiro atoms. The van der Waals surface area contributed by atoms with Crippen LogP contribution in [0.25, 0.3) is 0 Å². The number of hydrogen-bond acceptors (Lipinski definition) is 1. The van der Waals surface area contributed by atoms with Crippen LogP contribution in [0.2, 0.25) is 0 Å². The van der Waals surface area contributed by atoms with Crippen LogP contribution in [0.15, 0.2) is 48.5 Å². The molecule has 0 heterocycles. The van der Waals surface area contributed by atoms with Crippen LogP contribution in [0.1, 0.15) is 39.9 Å². The average molecular weight is 250 g/mol. The van der Waals surface area contributed by atoms with Gasteiger partial charge in [-0.1, -0.05) is 42.5 Å². The minimum absolute atomic E-state index is 0.222. The summed E-state index contributed by atoms with van der Waals surface area (Å²) in [6, 6.07) is 16.2. The lowest BCUT2D eigenvalue weighted by molar-refractivity contribution is 0.0993. The quantitative estimate of drug-likeness (QED) is 0.753. The Labute approximate surface area is 114 Å². The molecular weight excluding hydrogens is 232 g/mol. The molecule has 96 valence electrons. The fourth-order valence-electron chi connectivity index (χ4n) is 2.79. The highest BCUT2D eigenvalue weighted by molar-refractivity contribution is 5.97. The van der Waals surface area contributed by atoms with Gasteiger partial charge in [-0.3, -0.25) is 4.79 Å². The standard InChI is InChI=1S/C18H18O/c19-18(12-14-6-2-1-3-7-14)17-11-10-15-8-4-5-9-16(15)13-17/h1-3,6-7,10-11,13H,4-5,8-9,12H2. The molecular formula is C18H18O. The molecule has 0 aliphatic heterocycles. The second kappa shape index (κ2) is 5.40. The first-order valence-corrected chi connectivity index (χ1v) is 7.02. The van der Waals surface area contributed by atoms with Gasteiger partial charge < -0.3 is 0 Å². The molecule has 0 fully saturated rings. The van der Waals surface area contributed by atoms with E-state index >= 15 is 0 Å². The van der Waals surface area contributed by atoms with Crippen molar-refractivity contribution in [3.63, 3.8) is 0 Å². The maximum absolute atomic E-state index is 12.3. The van der Waals surface area contributed by atoms with Crippen LogP contribution in [0.4, 0.5) is 0 Å². The number of fused-ring (bicyclic) bond motifs is 1. The van der Waals surface area contributed by atoms with Crippen molar-refractivity contribution in [2.45, 2.75) is 32.1 Å². The van der Waals surface area contributed by atoms with Gasteiger partial charge >= 0.3 is 0 Å². The van der Waals surface area contributed by atoms with Crippen molar-refractivity contribution >= 4 is 5.78 Å². The largest absolute Gasteiger partial charge is 0.294 e. The van der Waals surface area contributed by atoms with Gasteiger partial charge in [-0.05, 0) is 48.4 Å². The Morgan fingerprint density at radius 3 is 2.42 bits per heavy atom. The van der Waals surface area contributed by atoms with Crippen molar-refractivity contribution in [2.75, 3.05) is 0 Å². The summed E-state index contributed by atoms with van der Waals surface area (Å²) in [4.78, 5) is 12.3. The summed E-state index contributed by atoms with van der Waals surface area (Å²) >= 11 is 0. The zero-order chi connectivity index (χ0) is 13.1. The predicted molar refractivity (Wildman–Crippen MR) is 77.6 cm³/mol. The number of rotatable bonds is 3. The molecule has 0 radical (unpaired) electrons. The minimum atomic E-state index is 0.222. The summed E-state index contributed by atoms with van der Waals surface area (Å²) in [5.74, 6) is 0.222. The van der Waals surface area contributed by atoms with E-state index in [4.69, 9.17) is 0 Å². The number of carbonyl (C=O) groups excluding carboxylic acids is 1. The van der Waals surface area contributed by atoms with Crippen molar-refractivity contribution < 1.29 is 4.79 Å². The molecule has 0 aromatic heterocycles. The van der Waals surface area contributed by atoms with Gasteiger partial charge in [0.15, 0.2) is 5.78 Å². The Morgan fingerprint density at radius 2 is 1.63 bits per heavy atom. The lowest BCUT2D eigenvalue weighted by Gasteiger charge is -2.16. The van der Waals surface area contributed by atoms with E-state index in [0.717, 1.165) is 17.5 Å². The third-order valence-corrected chi connectivity index (χ3v) is 3.88. The number of Topliss-reactive ketones (excluding diaryl/α,β-unsaturated/α-hetero) is 1. The number of ketones is 1. The molecule has 0 bridgehead atoms. The Kier molecular flexibility index (Phi) is 3.45. The van der Waals surface area contributed by atoms with Crippen LogP contribution in [0.3, 0.4) is 0 Å². The van der Waals surface area contributed by atoms with Crippen molar-refractivity contribution in [2.24, 2.45) is 0 Å². The van der Waals surface area contributed by atoms with Crippen molar-refractivity contribution in [1.29, 1.82) is 0 Å². The van der Waals surface area contributed by atoms with Gasteiger partial charge in [0.25, 0.3) is 0 Å². The van der Waals surface area contributed by atoms with Gasteiger partial charge in [0.2, 0.25) is 0 Å². The molecule has 3 rings (SSSR count). The van der Waals surface area contributed by atoms with E-state index in [1.807, 2.05) is 36.4 Å². The second-order valence-electron chi connectivity index (χ2n) is 5.28. The SMILES string of the molecule is O=C(Cc1ccccc1)c1ccc2c(c1)CCCC2. The van der Waals surface area contributed by atoms with Crippen molar-refractivity contribution in [3.8, 4) is 0 Å². The van der Waals surface area contributed by atoms with Gasteiger partial charge in [0.1, 0.15) is 0 Å². The zero-order valence-electron chi connectivity index (χ0n) is 11.1. The Balaban J connectivity index is 1.80. The Bertz CT molecular complexity index is 584. The van der Waals surface area contributed by atoms with Gasteiger partial charge in [-0.25, -0.2) is 0 Å². The molecule has 0 amide bonds. The second-order valence-corrected chi connectivity index (χ2v) is 5.28. The molecule has 1 aliphatic carbocycles. The first-order chi connectivity index (χ1) is 9.33. The average Bonchev–Trinajstić information content (AvgIpc) is 2.48. The molecule has 0 N–H and O–H groups in total. The lowest BCUT2D eigenvalue weighted by atomic mass is 9.89. The normalized spacial score (nSPS) is 13.9. The van der Waals surface area contributed by atoms with Crippen LogP contribution in [0, 0.1) is 0 Å². The first kappa shape index (κ1) is 12.2. The highest BCUT2D eigenvalue weighted by Gasteiger charge is 2.13. The number of benzene rings is 2. The van der Waals surface area contributed by atoms with E-state index in [1.165, 1.54) is 30.4 Å². The van der Waals surface area contributed by atoms with E-state index < -0.39 is 0 Å². The molecule has 1 heteroatoms. The minimum Gasteiger partial charge on any atom is -0.294 e. The van der Waals surface area contributed by atoms with E-state index in [-0.39, 0.29) is 5.78 Å². The van der Waals surface area contributed by atoms with Crippen LogP contribution in [-0.2, 0) is 19.3 Å². The summed E-state index contributed by atoms with van der Waals surface area (Å²) in [6.07, 6.45) is 5.33. The lowest BCUT2D eigenvalue weighted by Crippen LogP contribution is -2.08. The molecule has 1 nitrogen and oxygen atoms in total. The van der Waals surface area contributed by atoms with Crippen LogP contribution in [0.5, 0.6) is 0 Å². The molecule has 0 atom stereocenters. The van der Waals surface area contributed by atoms with Crippen molar-refractivity contribution in [3.05, 3.63) is 70.8 Å². The smallest absolute Gasteiger partial charge is 0.167 e. The zero-order valence-corrected chi connectivity index (χ0v) is 11.1. The van der Waals surface area contributed by atoms with E-state index in [2.05, 4.69) is 12.1 Å². The summed E-state index contributed by atoms with van der Waals surface area (Å²) in [5, 5.41) is 0. The van der Waals surface area contributed by atoms with E-state index in [1.54, 1.807) is 0 Å². The fraction of sp³-hybridized carbons (Fsp3) is 0.278. The molecule has 2 aromatic carbocycles. The summed E-state index contributed by atoms with van der Waals surface area (Å²) < 4.78 is 0. The van der Waals surface area contributed by atoms with E-state index in [9.17, 15) is 4.79 Å². The summed E-state index contributed by atoms with van der Waals surface area (Å²) in [5.41, 5.74) is 4.77. The topological polar surface area (TPSA) is 17.1 Å². The Morgan fingerprint density at radius 1 is 0.895 bits per heavy atom. The van der Waals surface area contributed by atoms with Gasteiger partial charge in [-0.2, -0.15) is 0 Å². The highest BCUT2D eigenvalue weighted by Crippen LogP contribution is 2.22. The molecule has 0 unspecified atom stereocenters. The molecule has 0 saturated heterocycles. The van der Waals surface area contributed by atoms with Gasteiger partial charge in [0, 0.05) is 12.0 Å². The van der Waals surface area contributed by atoms with Crippen LogP contribution in [-0.4, -0.2) is 5.78 Å². The molecule has 0 saturated carbocycles. The molecule has 19 heavy (non-hydrogen) atoms. The summed E-state index contributed by atoms with van der Waals surface area (Å²) in [7, 11) is 0. The third-order valence-electron chi connectivity index (χ3n) is 3.88. The van der Waals surface area contributed by atoms with Crippen molar-refractivity contribution in [1.82, 2.24) is 0 Å². The predicted octanol–water partition coefficient (Wildman–Crippen LogP) is 3.99. The van der Waals surface area contributed by atoms with Crippen LogP contribution < -0.4 is 0 Å². The first-order valence-electron chi connectivity index (χ1n) is 7.02. The third kappa shape index (κ3) is 2.76. The Hall–Kier alpha value is -1.89. The van der Waals surface area contributed by atoms with Gasteiger partial charge in [0.05, 0.1) is 0 Å². The monoisotopic (exact) mass is 250 g/mol.